The van der Waals surface area contributed by atoms with Gasteiger partial charge in [-0.05, 0) is 65.6 Å². The van der Waals surface area contributed by atoms with Crippen LogP contribution in [0, 0.1) is 0 Å². The van der Waals surface area contributed by atoms with Gasteiger partial charge in [0.1, 0.15) is 10.8 Å². The molecule has 216 valence electrons. The largest absolute Gasteiger partial charge is 0.309 e. The molecule has 0 saturated heterocycles. The number of hydrogen-bond donors (Lipinski definition) is 0. The lowest BCUT2D eigenvalue weighted by Gasteiger charge is -2.20. The monoisotopic (exact) mass is 598 g/mol. The summed E-state index contributed by atoms with van der Waals surface area (Å²) in [7, 11) is 0. The molecule has 9 rings (SSSR count). The van der Waals surface area contributed by atoms with E-state index in [0.717, 1.165) is 38.6 Å². The Balaban J connectivity index is 1.32. The Hall–Kier alpha value is -5.26. The highest BCUT2D eigenvalue weighted by atomic mass is 32.1. The Morgan fingerprint density at radius 3 is 1.98 bits per heavy atom. The first-order valence-electron chi connectivity index (χ1n) is 15.3. The van der Waals surface area contributed by atoms with Crippen LogP contribution in [0.3, 0.4) is 0 Å². The molecule has 0 aliphatic heterocycles. The van der Waals surface area contributed by atoms with Gasteiger partial charge < -0.3 is 4.57 Å². The summed E-state index contributed by atoms with van der Waals surface area (Å²) in [5, 5.41) is 5.95. The molecule has 0 atom stereocenters. The molecule has 0 unspecified atom stereocenters. The van der Waals surface area contributed by atoms with Gasteiger partial charge in [-0.15, -0.1) is 11.3 Å². The number of fused-ring (bicyclic) bond motifs is 7. The molecule has 0 aliphatic carbocycles. The fourth-order valence-corrected chi connectivity index (χ4v) is 7.69. The standard InChI is InChI=1S/C40H30N4S/c1-40(2,3)26-20-21-41-38(23-26)44-34-14-8-5-11-29(34)31-19-17-27(24-36(31)44)43-33-13-7-4-10-28(33)30-18-16-25(22-35(30)43)39-42-32-12-6-9-15-37(32)45-39/h4-24H,1-3H3. The lowest BCUT2D eigenvalue weighted by Crippen LogP contribution is -2.12. The number of nitrogens with zero attached hydrogens (tertiary/aromatic N) is 4. The lowest BCUT2D eigenvalue weighted by atomic mass is 9.88. The van der Waals surface area contributed by atoms with Crippen LogP contribution in [-0.4, -0.2) is 19.1 Å². The molecule has 9 aromatic rings. The van der Waals surface area contributed by atoms with E-state index < -0.39 is 0 Å². The maximum Gasteiger partial charge on any atom is 0.137 e. The minimum atomic E-state index is 0.0194. The summed E-state index contributed by atoms with van der Waals surface area (Å²) in [6.07, 6.45) is 1.94. The molecule has 0 spiro atoms. The summed E-state index contributed by atoms with van der Waals surface area (Å²) in [5.74, 6) is 0.936. The van der Waals surface area contributed by atoms with E-state index in [-0.39, 0.29) is 5.41 Å². The van der Waals surface area contributed by atoms with Gasteiger partial charge in [-0.1, -0.05) is 87.5 Å². The van der Waals surface area contributed by atoms with Crippen LogP contribution in [0.25, 0.3) is 75.9 Å². The second kappa shape index (κ2) is 9.62. The van der Waals surface area contributed by atoms with Gasteiger partial charge in [-0.2, -0.15) is 0 Å². The Morgan fingerprint density at radius 1 is 0.578 bits per heavy atom. The Kier molecular flexibility index (Phi) is 5.59. The van der Waals surface area contributed by atoms with Crippen LogP contribution >= 0.6 is 11.3 Å². The van der Waals surface area contributed by atoms with Crippen molar-refractivity contribution in [1.82, 2.24) is 19.1 Å². The number of rotatable bonds is 3. The molecular formula is C40H30N4S. The van der Waals surface area contributed by atoms with Crippen LogP contribution in [0.1, 0.15) is 26.3 Å². The normalized spacial score (nSPS) is 12.3. The SMILES string of the molecule is CC(C)(C)c1ccnc(-n2c3ccccc3c3ccc(-n4c5ccccc5c5ccc(-c6nc7ccccc7s6)cc54)cc32)c1. The van der Waals surface area contributed by atoms with Crippen molar-refractivity contribution in [3.05, 3.63) is 133 Å². The number of pyridine rings is 1. The summed E-state index contributed by atoms with van der Waals surface area (Å²) in [5.41, 5.74) is 9.22. The minimum absolute atomic E-state index is 0.0194. The smallest absolute Gasteiger partial charge is 0.137 e. The van der Waals surface area contributed by atoms with Crippen LogP contribution in [0.15, 0.2) is 128 Å². The summed E-state index contributed by atoms with van der Waals surface area (Å²) < 4.78 is 5.93. The fraction of sp³-hybridized carbons (Fsp3) is 0.100. The average Bonchev–Trinajstić information content (AvgIpc) is 3.74. The number of hydrogen-bond acceptors (Lipinski definition) is 3. The van der Waals surface area contributed by atoms with Gasteiger partial charge >= 0.3 is 0 Å². The third kappa shape index (κ3) is 4.04. The van der Waals surface area contributed by atoms with E-state index in [1.807, 2.05) is 6.20 Å². The zero-order valence-corrected chi connectivity index (χ0v) is 26.1. The summed E-state index contributed by atoms with van der Waals surface area (Å²) in [6.45, 7) is 6.75. The molecule has 0 fully saturated rings. The maximum atomic E-state index is 4.98. The highest BCUT2D eigenvalue weighted by Gasteiger charge is 2.20. The van der Waals surface area contributed by atoms with Crippen molar-refractivity contribution in [3.8, 4) is 22.1 Å². The molecule has 0 N–H and O–H groups in total. The van der Waals surface area contributed by atoms with E-state index in [0.29, 0.717) is 0 Å². The molecule has 4 aromatic heterocycles. The highest BCUT2D eigenvalue weighted by Crippen LogP contribution is 2.39. The molecule has 0 bridgehead atoms. The van der Waals surface area contributed by atoms with Crippen molar-refractivity contribution >= 4 is 65.2 Å². The summed E-state index contributed by atoms with van der Waals surface area (Å²) in [6, 6.07) is 43.7. The van der Waals surface area contributed by atoms with Gasteiger partial charge in [0, 0.05) is 39.0 Å². The van der Waals surface area contributed by atoms with Crippen LogP contribution in [0.4, 0.5) is 0 Å². The van der Waals surface area contributed by atoms with Crippen LogP contribution in [0.5, 0.6) is 0 Å². The predicted octanol–water partition coefficient (Wildman–Crippen LogP) is 10.8. The summed E-state index contributed by atoms with van der Waals surface area (Å²) >= 11 is 1.74. The van der Waals surface area contributed by atoms with Crippen LogP contribution < -0.4 is 0 Å². The number of para-hydroxylation sites is 3. The molecule has 4 heterocycles. The molecule has 0 saturated carbocycles. The van der Waals surface area contributed by atoms with Crippen molar-refractivity contribution in [1.29, 1.82) is 0 Å². The minimum Gasteiger partial charge on any atom is -0.309 e. The summed E-state index contributed by atoms with van der Waals surface area (Å²) in [4.78, 5) is 9.88. The molecule has 45 heavy (non-hydrogen) atoms. The quantitative estimate of drug-likeness (QED) is 0.203. The Labute approximate surface area is 264 Å². The van der Waals surface area contributed by atoms with E-state index in [4.69, 9.17) is 9.97 Å². The molecule has 4 nitrogen and oxygen atoms in total. The lowest BCUT2D eigenvalue weighted by molar-refractivity contribution is 0.588. The van der Waals surface area contributed by atoms with Gasteiger partial charge in [-0.3, -0.25) is 4.57 Å². The second-order valence-electron chi connectivity index (χ2n) is 12.8. The van der Waals surface area contributed by atoms with Gasteiger partial charge in [0.25, 0.3) is 0 Å². The molecule has 0 aliphatic rings. The second-order valence-corrected chi connectivity index (χ2v) is 13.8. The topological polar surface area (TPSA) is 35.6 Å². The first-order chi connectivity index (χ1) is 21.9. The van der Waals surface area contributed by atoms with Crippen molar-refractivity contribution in [2.24, 2.45) is 0 Å². The number of benzene rings is 5. The van der Waals surface area contributed by atoms with Gasteiger partial charge in [0.05, 0.1) is 32.3 Å². The number of thiazole rings is 1. The third-order valence-electron chi connectivity index (χ3n) is 8.97. The van der Waals surface area contributed by atoms with Gasteiger partial charge in [-0.25, -0.2) is 9.97 Å². The maximum absolute atomic E-state index is 4.98. The van der Waals surface area contributed by atoms with Crippen LogP contribution in [0.2, 0.25) is 0 Å². The predicted molar refractivity (Wildman–Crippen MR) is 190 cm³/mol. The van der Waals surface area contributed by atoms with Crippen molar-refractivity contribution < 1.29 is 0 Å². The van der Waals surface area contributed by atoms with E-state index in [9.17, 15) is 0 Å². The molecule has 5 heteroatoms. The zero-order valence-electron chi connectivity index (χ0n) is 25.3. The first-order valence-corrected chi connectivity index (χ1v) is 16.2. The molecular weight excluding hydrogens is 569 g/mol. The van der Waals surface area contributed by atoms with Crippen LogP contribution in [-0.2, 0) is 5.41 Å². The molecule has 0 amide bonds. The van der Waals surface area contributed by atoms with Gasteiger partial charge in [0.15, 0.2) is 0 Å². The first kappa shape index (κ1) is 26.2. The average molecular weight is 599 g/mol. The molecule has 0 radical (unpaired) electrons. The van der Waals surface area contributed by atoms with E-state index in [1.54, 1.807) is 11.3 Å². The van der Waals surface area contributed by atoms with E-state index in [1.165, 1.54) is 42.8 Å². The number of aromatic nitrogens is 4. The molecule has 5 aromatic carbocycles. The third-order valence-corrected chi connectivity index (χ3v) is 10.1. The van der Waals surface area contributed by atoms with E-state index in [2.05, 4.69) is 151 Å². The Morgan fingerprint density at radius 2 is 1.22 bits per heavy atom. The van der Waals surface area contributed by atoms with Crippen molar-refractivity contribution in [2.75, 3.05) is 0 Å². The van der Waals surface area contributed by atoms with E-state index >= 15 is 0 Å². The zero-order chi connectivity index (χ0) is 30.3. The van der Waals surface area contributed by atoms with Crippen molar-refractivity contribution in [2.45, 2.75) is 26.2 Å². The van der Waals surface area contributed by atoms with Crippen molar-refractivity contribution in [3.63, 3.8) is 0 Å². The Bertz CT molecular complexity index is 2560. The highest BCUT2D eigenvalue weighted by molar-refractivity contribution is 7.21. The fourth-order valence-electron chi connectivity index (χ4n) is 6.73. The van der Waals surface area contributed by atoms with Gasteiger partial charge in [0.2, 0.25) is 0 Å².